The van der Waals surface area contributed by atoms with E-state index >= 15 is 0 Å². The molecule has 8 heteroatoms. The number of hydrogen-bond donors (Lipinski definition) is 0. The van der Waals surface area contributed by atoms with Crippen molar-refractivity contribution in [2.75, 3.05) is 26.2 Å². The fourth-order valence-electron chi connectivity index (χ4n) is 3.13. The number of aromatic nitrogens is 2. The van der Waals surface area contributed by atoms with Gasteiger partial charge in [0.2, 0.25) is 11.7 Å². The molecule has 3 heterocycles. The second-order valence-corrected chi connectivity index (χ2v) is 7.23. The van der Waals surface area contributed by atoms with Crippen LogP contribution in [-0.4, -0.2) is 52.0 Å². The molecule has 1 saturated heterocycles. The summed E-state index contributed by atoms with van der Waals surface area (Å²) < 4.78 is 18.4. The Morgan fingerprint density at radius 2 is 2.00 bits per heavy atom. The molecular weight excluding hydrogens is 367 g/mol. The summed E-state index contributed by atoms with van der Waals surface area (Å²) in [6, 6.07) is 7.66. The quantitative estimate of drug-likeness (QED) is 0.689. The predicted molar refractivity (Wildman–Crippen MR) is 99.8 cm³/mol. The first-order valence-electron chi connectivity index (χ1n) is 8.81. The van der Waals surface area contributed by atoms with E-state index in [2.05, 4.69) is 15.0 Å². The normalized spacial score (nSPS) is 15.7. The van der Waals surface area contributed by atoms with Gasteiger partial charge in [0.25, 0.3) is 5.91 Å². The lowest BCUT2D eigenvalue weighted by Gasteiger charge is -2.21. The average molecular weight is 386 g/mol. The van der Waals surface area contributed by atoms with Crippen LogP contribution < -0.4 is 0 Å². The highest BCUT2D eigenvalue weighted by atomic mass is 32.1. The van der Waals surface area contributed by atoms with E-state index in [0.717, 1.165) is 25.1 Å². The number of carbonyl (C=O) groups is 1. The SMILES string of the molecule is O=C(c1ccc(F)cc1)N1CCCN(Cc2nc(-c3ccsc3)no2)CC1. The van der Waals surface area contributed by atoms with E-state index in [9.17, 15) is 9.18 Å². The summed E-state index contributed by atoms with van der Waals surface area (Å²) in [4.78, 5) is 21.1. The zero-order valence-corrected chi connectivity index (χ0v) is 15.5. The Bertz CT molecular complexity index is 895. The van der Waals surface area contributed by atoms with Gasteiger partial charge in [-0.05, 0) is 42.1 Å². The maximum Gasteiger partial charge on any atom is 0.253 e. The van der Waals surface area contributed by atoms with Crippen molar-refractivity contribution in [3.63, 3.8) is 0 Å². The highest BCUT2D eigenvalue weighted by molar-refractivity contribution is 7.08. The molecule has 0 bridgehead atoms. The van der Waals surface area contributed by atoms with Crippen LogP contribution in [0.25, 0.3) is 11.4 Å². The van der Waals surface area contributed by atoms with Crippen molar-refractivity contribution in [1.82, 2.24) is 19.9 Å². The second kappa shape index (κ2) is 7.98. The summed E-state index contributed by atoms with van der Waals surface area (Å²) >= 11 is 1.59. The molecule has 1 aliphatic heterocycles. The fourth-order valence-corrected chi connectivity index (χ4v) is 3.76. The number of nitrogens with zero attached hydrogens (tertiary/aromatic N) is 4. The summed E-state index contributed by atoms with van der Waals surface area (Å²) in [6.45, 7) is 3.43. The first-order chi connectivity index (χ1) is 13.2. The monoisotopic (exact) mass is 386 g/mol. The first-order valence-corrected chi connectivity index (χ1v) is 9.76. The lowest BCUT2D eigenvalue weighted by molar-refractivity contribution is 0.0760. The molecule has 0 atom stereocenters. The highest BCUT2D eigenvalue weighted by Gasteiger charge is 2.21. The molecule has 27 heavy (non-hydrogen) atoms. The van der Waals surface area contributed by atoms with Crippen LogP contribution in [0.1, 0.15) is 22.7 Å². The Balaban J connectivity index is 1.36. The van der Waals surface area contributed by atoms with Crippen LogP contribution >= 0.6 is 11.3 Å². The zero-order valence-electron chi connectivity index (χ0n) is 14.7. The standard InChI is InChI=1S/C19H19FN4O2S/c20-16-4-2-14(3-5-16)19(25)24-8-1-7-23(9-10-24)12-17-21-18(22-26-17)15-6-11-27-13-15/h2-6,11,13H,1,7-10,12H2. The van der Waals surface area contributed by atoms with E-state index in [0.29, 0.717) is 36.9 Å². The smallest absolute Gasteiger partial charge is 0.253 e. The molecule has 0 spiro atoms. The lowest BCUT2D eigenvalue weighted by atomic mass is 10.2. The number of rotatable bonds is 4. The van der Waals surface area contributed by atoms with E-state index in [4.69, 9.17) is 4.52 Å². The van der Waals surface area contributed by atoms with Crippen LogP contribution in [0.5, 0.6) is 0 Å². The third-order valence-electron chi connectivity index (χ3n) is 4.57. The number of amides is 1. The van der Waals surface area contributed by atoms with Gasteiger partial charge in [-0.25, -0.2) is 4.39 Å². The molecule has 0 N–H and O–H groups in total. The maximum absolute atomic E-state index is 13.1. The topological polar surface area (TPSA) is 62.5 Å². The fraction of sp³-hybridized carbons (Fsp3) is 0.316. The first kappa shape index (κ1) is 17.8. The van der Waals surface area contributed by atoms with Crippen LogP contribution in [0.3, 0.4) is 0 Å². The molecule has 6 nitrogen and oxygen atoms in total. The highest BCUT2D eigenvalue weighted by Crippen LogP contribution is 2.19. The number of carbonyl (C=O) groups excluding carboxylic acids is 1. The second-order valence-electron chi connectivity index (χ2n) is 6.45. The van der Waals surface area contributed by atoms with Gasteiger partial charge in [0.15, 0.2) is 0 Å². The Hall–Kier alpha value is -2.58. The minimum absolute atomic E-state index is 0.0608. The van der Waals surface area contributed by atoms with Gasteiger partial charge in [0.05, 0.1) is 6.54 Å². The third-order valence-corrected chi connectivity index (χ3v) is 5.26. The predicted octanol–water partition coefficient (Wildman–Crippen LogP) is 3.29. The van der Waals surface area contributed by atoms with E-state index in [1.807, 2.05) is 21.7 Å². The van der Waals surface area contributed by atoms with Crippen LogP contribution in [0.4, 0.5) is 4.39 Å². The molecule has 0 aliphatic carbocycles. The van der Waals surface area contributed by atoms with Gasteiger partial charge in [0, 0.05) is 42.7 Å². The van der Waals surface area contributed by atoms with Gasteiger partial charge in [-0.2, -0.15) is 16.3 Å². The minimum Gasteiger partial charge on any atom is -0.338 e. The summed E-state index contributed by atoms with van der Waals surface area (Å²) in [5.41, 5.74) is 1.48. The summed E-state index contributed by atoms with van der Waals surface area (Å²) in [7, 11) is 0. The van der Waals surface area contributed by atoms with E-state index in [-0.39, 0.29) is 11.7 Å². The Morgan fingerprint density at radius 3 is 2.78 bits per heavy atom. The minimum atomic E-state index is -0.338. The molecule has 1 aromatic carbocycles. The van der Waals surface area contributed by atoms with Gasteiger partial charge in [-0.1, -0.05) is 5.16 Å². The number of hydrogen-bond acceptors (Lipinski definition) is 6. The van der Waals surface area contributed by atoms with Gasteiger partial charge >= 0.3 is 0 Å². The van der Waals surface area contributed by atoms with Crippen LogP contribution in [0.15, 0.2) is 45.6 Å². The van der Waals surface area contributed by atoms with E-state index in [1.54, 1.807) is 11.3 Å². The molecule has 1 aliphatic rings. The third kappa shape index (κ3) is 4.23. The van der Waals surface area contributed by atoms with Gasteiger partial charge in [-0.15, -0.1) is 0 Å². The van der Waals surface area contributed by atoms with Crippen LogP contribution in [-0.2, 0) is 6.54 Å². The number of benzene rings is 1. The van der Waals surface area contributed by atoms with Crippen molar-refractivity contribution in [3.05, 3.63) is 58.4 Å². The maximum atomic E-state index is 13.1. The van der Waals surface area contributed by atoms with Crippen molar-refractivity contribution < 1.29 is 13.7 Å². The Labute approximate surface area is 160 Å². The van der Waals surface area contributed by atoms with E-state index in [1.165, 1.54) is 24.3 Å². The summed E-state index contributed by atoms with van der Waals surface area (Å²) in [5, 5.41) is 8.00. The molecule has 0 unspecified atom stereocenters. The average Bonchev–Trinajstić information content (AvgIpc) is 3.31. The van der Waals surface area contributed by atoms with Gasteiger partial charge < -0.3 is 9.42 Å². The summed E-state index contributed by atoms with van der Waals surface area (Å²) in [6.07, 6.45) is 0.860. The molecule has 4 rings (SSSR count). The zero-order chi connectivity index (χ0) is 18.6. The number of thiophene rings is 1. The molecule has 140 valence electrons. The van der Waals surface area contributed by atoms with Gasteiger partial charge in [0.1, 0.15) is 5.82 Å². The van der Waals surface area contributed by atoms with Crippen LogP contribution in [0.2, 0.25) is 0 Å². The Kier molecular flexibility index (Phi) is 5.26. The molecule has 0 radical (unpaired) electrons. The molecular formula is C19H19FN4O2S. The molecule has 2 aromatic heterocycles. The largest absolute Gasteiger partial charge is 0.338 e. The summed E-state index contributed by atoms with van der Waals surface area (Å²) in [5.74, 6) is 0.785. The lowest BCUT2D eigenvalue weighted by Crippen LogP contribution is -2.35. The van der Waals surface area contributed by atoms with Crippen molar-refractivity contribution in [2.24, 2.45) is 0 Å². The van der Waals surface area contributed by atoms with Crippen molar-refractivity contribution in [2.45, 2.75) is 13.0 Å². The molecule has 1 fully saturated rings. The van der Waals surface area contributed by atoms with E-state index < -0.39 is 0 Å². The van der Waals surface area contributed by atoms with Crippen molar-refractivity contribution in [3.8, 4) is 11.4 Å². The number of halogens is 1. The van der Waals surface area contributed by atoms with Gasteiger partial charge in [-0.3, -0.25) is 9.69 Å². The molecule has 3 aromatic rings. The van der Waals surface area contributed by atoms with Crippen molar-refractivity contribution in [1.29, 1.82) is 0 Å². The molecule has 1 amide bonds. The molecule has 0 saturated carbocycles. The van der Waals surface area contributed by atoms with Crippen LogP contribution in [0, 0.1) is 5.82 Å². The van der Waals surface area contributed by atoms with Crippen molar-refractivity contribution >= 4 is 17.2 Å². The Morgan fingerprint density at radius 1 is 1.15 bits per heavy atom.